The largest absolute Gasteiger partial charge is 0.493 e. The first kappa shape index (κ1) is 19.4. The van der Waals surface area contributed by atoms with E-state index in [1.807, 2.05) is 0 Å². The Morgan fingerprint density at radius 2 is 1.75 bits per heavy atom. The number of rotatable bonds is 10. The van der Waals surface area contributed by atoms with Crippen molar-refractivity contribution in [1.29, 1.82) is 0 Å². The van der Waals surface area contributed by atoms with Gasteiger partial charge in [0.1, 0.15) is 18.5 Å². The Bertz CT molecular complexity index is 556. The summed E-state index contributed by atoms with van der Waals surface area (Å²) in [5, 5.41) is 10.6. The summed E-state index contributed by atoms with van der Waals surface area (Å²) in [6, 6.07) is 5.66. The maximum absolute atomic E-state index is 11.4. The number of carbonyl (C=O) groups excluding carboxylic acids is 2. The molecule has 1 unspecified atom stereocenters. The van der Waals surface area contributed by atoms with Crippen LogP contribution in [0.15, 0.2) is 24.3 Å². The molecule has 0 fully saturated rings. The summed E-state index contributed by atoms with van der Waals surface area (Å²) in [6.07, 6.45) is 0.209. The van der Waals surface area contributed by atoms with Gasteiger partial charge < -0.3 is 14.2 Å². The Labute approximate surface area is 139 Å². The van der Waals surface area contributed by atoms with Gasteiger partial charge in [0.25, 0.3) is 5.69 Å². The van der Waals surface area contributed by atoms with Crippen LogP contribution < -0.4 is 4.74 Å². The van der Waals surface area contributed by atoms with E-state index < -0.39 is 11.0 Å². The second-order valence-electron chi connectivity index (χ2n) is 4.89. The van der Waals surface area contributed by atoms with Gasteiger partial charge in [0.05, 0.1) is 11.5 Å². The third-order valence-corrected chi connectivity index (χ3v) is 3.06. The molecule has 0 spiro atoms. The van der Waals surface area contributed by atoms with Gasteiger partial charge >= 0.3 is 11.9 Å². The van der Waals surface area contributed by atoms with Crippen LogP contribution in [-0.2, 0) is 19.1 Å². The van der Waals surface area contributed by atoms with Crippen molar-refractivity contribution < 1.29 is 28.7 Å². The fourth-order valence-electron chi connectivity index (χ4n) is 1.71. The summed E-state index contributed by atoms with van der Waals surface area (Å²) in [5.41, 5.74) is -0.0245. The third kappa shape index (κ3) is 7.08. The van der Waals surface area contributed by atoms with E-state index in [2.05, 4.69) is 0 Å². The first-order valence-electron chi connectivity index (χ1n) is 7.68. The normalized spacial score (nSPS) is 11.4. The number of esters is 2. The lowest BCUT2D eigenvalue weighted by molar-refractivity contribution is -0.384. The number of nitro benzene ring substituents is 1. The maximum atomic E-state index is 11.4. The lowest BCUT2D eigenvalue weighted by Gasteiger charge is -2.18. The van der Waals surface area contributed by atoms with E-state index in [-0.39, 0.29) is 43.7 Å². The van der Waals surface area contributed by atoms with E-state index in [9.17, 15) is 19.7 Å². The summed E-state index contributed by atoms with van der Waals surface area (Å²) in [5.74, 6) is -0.293. The highest BCUT2D eigenvalue weighted by Crippen LogP contribution is 2.17. The van der Waals surface area contributed by atoms with Crippen LogP contribution in [0.3, 0.4) is 0 Å². The Morgan fingerprint density at radius 1 is 1.12 bits per heavy atom. The first-order valence-corrected chi connectivity index (χ1v) is 7.68. The highest BCUT2D eigenvalue weighted by Gasteiger charge is 2.16. The summed E-state index contributed by atoms with van der Waals surface area (Å²) in [4.78, 5) is 32.7. The predicted molar refractivity (Wildman–Crippen MR) is 84.6 cm³/mol. The molecule has 0 amide bonds. The van der Waals surface area contributed by atoms with Crippen molar-refractivity contribution in [3.8, 4) is 5.75 Å². The lowest BCUT2D eigenvalue weighted by Crippen LogP contribution is -2.26. The molecule has 0 aliphatic rings. The van der Waals surface area contributed by atoms with Gasteiger partial charge in [-0.3, -0.25) is 19.7 Å². The topological polar surface area (TPSA) is 105 Å². The molecule has 0 aromatic heterocycles. The minimum atomic E-state index is -0.592. The number of non-ortho nitro benzene ring substituents is 1. The standard InChI is InChI=1S/C16H21NO7/c1-3-15(18)23-11-14(24-16(19)4-2)9-10-22-13-7-5-12(6-8-13)17(20)21/h5-8,14H,3-4,9-11H2,1-2H3. The molecule has 0 bridgehead atoms. The van der Waals surface area contributed by atoms with Crippen molar-refractivity contribution in [1.82, 2.24) is 0 Å². The second kappa shape index (κ2) is 10.2. The van der Waals surface area contributed by atoms with Gasteiger partial charge in [-0.15, -0.1) is 0 Å². The van der Waals surface area contributed by atoms with Gasteiger partial charge in [0, 0.05) is 31.4 Å². The fraction of sp³-hybridized carbons (Fsp3) is 0.500. The number of hydrogen-bond donors (Lipinski definition) is 0. The van der Waals surface area contributed by atoms with E-state index in [1.54, 1.807) is 13.8 Å². The second-order valence-corrected chi connectivity index (χ2v) is 4.89. The monoisotopic (exact) mass is 339 g/mol. The van der Waals surface area contributed by atoms with Crippen molar-refractivity contribution in [3.63, 3.8) is 0 Å². The average Bonchev–Trinajstić information content (AvgIpc) is 2.59. The van der Waals surface area contributed by atoms with Crippen LogP contribution >= 0.6 is 0 Å². The van der Waals surface area contributed by atoms with Gasteiger partial charge in [-0.2, -0.15) is 0 Å². The molecular formula is C16H21NO7. The predicted octanol–water partition coefficient (Wildman–Crippen LogP) is 2.64. The number of benzene rings is 1. The SMILES string of the molecule is CCC(=O)OCC(CCOc1ccc([N+](=O)[O-])cc1)OC(=O)CC. The Balaban J connectivity index is 2.48. The minimum absolute atomic E-state index is 0.0245. The molecule has 8 heteroatoms. The van der Waals surface area contributed by atoms with Crippen molar-refractivity contribution in [2.45, 2.75) is 39.2 Å². The summed E-state index contributed by atoms with van der Waals surface area (Å²) < 4.78 is 15.7. The molecule has 8 nitrogen and oxygen atoms in total. The number of ether oxygens (including phenoxy) is 3. The van der Waals surface area contributed by atoms with Gasteiger partial charge in [-0.1, -0.05) is 13.8 Å². The van der Waals surface area contributed by atoms with E-state index in [0.29, 0.717) is 12.2 Å². The van der Waals surface area contributed by atoms with Crippen LogP contribution in [0.25, 0.3) is 0 Å². The minimum Gasteiger partial charge on any atom is -0.493 e. The quantitative estimate of drug-likeness (QED) is 0.366. The number of carbonyl (C=O) groups is 2. The first-order chi connectivity index (χ1) is 11.5. The molecule has 0 N–H and O–H groups in total. The van der Waals surface area contributed by atoms with Crippen LogP contribution in [0.1, 0.15) is 33.1 Å². The van der Waals surface area contributed by atoms with E-state index in [0.717, 1.165) is 0 Å². The molecule has 1 rings (SSSR count). The zero-order chi connectivity index (χ0) is 17.9. The molecule has 1 aromatic carbocycles. The zero-order valence-corrected chi connectivity index (χ0v) is 13.7. The van der Waals surface area contributed by atoms with Crippen LogP contribution in [0.4, 0.5) is 5.69 Å². The van der Waals surface area contributed by atoms with Gasteiger partial charge in [-0.25, -0.2) is 0 Å². The van der Waals surface area contributed by atoms with Crippen LogP contribution in [0, 0.1) is 10.1 Å². The fourth-order valence-corrected chi connectivity index (χ4v) is 1.71. The Morgan fingerprint density at radius 3 is 2.29 bits per heavy atom. The summed E-state index contributed by atoms with van der Waals surface area (Å²) in [6.45, 7) is 3.53. The molecular weight excluding hydrogens is 318 g/mol. The van der Waals surface area contributed by atoms with E-state index in [4.69, 9.17) is 14.2 Å². The van der Waals surface area contributed by atoms with Crippen molar-refractivity contribution in [2.75, 3.05) is 13.2 Å². The van der Waals surface area contributed by atoms with Crippen LogP contribution in [0.5, 0.6) is 5.75 Å². The molecule has 1 aromatic rings. The molecule has 0 heterocycles. The number of nitro groups is 1. The van der Waals surface area contributed by atoms with Crippen molar-refractivity contribution in [2.24, 2.45) is 0 Å². The highest BCUT2D eigenvalue weighted by molar-refractivity contribution is 5.70. The lowest BCUT2D eigenvalue weighted by atomic mass is 10.2. The van der Waals surface area contributed by atoms with Crippen molar-refractivity contribution in [3.05, 3.63) is 34.4 Å². The summed E-state index contributed by atoms with van der Waals surface area (Å²) in [7, 11) is 0. The third-order valence-electron chi connectivity index (χ3n) is 3.06. The number of hydrogen-bond acceptors (Lipinski definition) is 7. The molecule has 132 valence electrons. The van der Waals surface area contributed by atoms with Gasteiger partial charge in [-0.05, 0) is 12.1 Å². The average molecular weight is 339 g/mol. The van der Waals surface area contributed by atoms with Gasteiger partial charge in [0.15, 0.2) is 0 Å². The molecule has 0 radical (unpaired) electrons. The van der Waals surface area contributed by atoms with Crippen molar-refractivity contribution >= 4 is 17.6 Å². The summed E-state index contributed by atoms with van der Waals surface area (Å²) >= 11 is 0. The molecule has 1 atom stereocenters. The molecule has 24 heavy (non-hydrogen) atoms. The van der Waals surface area contributed by atoms with Gasteiger partial charge in [0.2, 0.25) is 0 Å². The van der Waals surface area contributed by atoms with E-state index >= 15 is 0 Å². The van der Waals surface area contributed by atoms with E-state index in [1.165, 1.54) is 24.3 Å². The highest BCUT2D eigenvalue weighted by atomic mass is 16.6. The Hall–Kier alpha value is -2.64. The maximum Gasteiger partial charge on any atom is 0.305 e. The molecule has 0 aliphatic carbocycles. The van der Waals surface area contributed by atoms with Crippen LogP contribution in [-0.4, -0.2) is 36.2 Å². The smallest absolute Gasteiger partial charge is 0.305 e. The number of nitrogens with zero attached hydrogens (tertiary/aromatic N) is 1. The molecule has 0 aliphatic heterocycles. The molecule has 0 saturated heterocycles. The van der Waals surface area contributed by atoms with Crippen LogP contribution in [0.2, 0.25) is 0 Å². The molecule has 0 saturated carbocycles. The Kier molecular flexibility index (Phi) is 8.24. The zero-order valence-electron chi connectivity index (χ0n) is 13.7.